The smallest absolute Gasteiger partial charge is 0.320 e. The Kier molecular flexibility index (Phi) is 2.98. The van der Waals surface area contributed by atoms with Crippen molar-refractivity contribution in [1.29, 1.82) is 0 Å². The largest absolute Gasteiger partial charge is 0.480 e. The van der Waals surface area contributed by atoms with Gasteiger partial charge < -0.3 is 5.11 Å². The number of carboxylic acid groups (broad SMARTS) is 1. The lowest BCUT2D eigenvalue weighted by Gasteiger charge is -2.37. The Morgan fingerprint density at radius 3 is 2.56 bits per heavy atom. The Morgan fingerprint density at radius 2 is 2.06 bits per heavy atom. The van der Waals surface area contributed by atoms with Gasteiger partial charge in [-0.05, 0) is 44.7 Å². The highest BCUT2D eigenvalue weighted by molar-refractivity contribution is 8.01. The SMILES string of the molecule is Cc1ccc(C)c(SC2(C(=O)O)CCC2)c1. The van der Waals surface area contributed by atoms with Crippen molar-refractivity contribution in [3.05, 3.63) is 29.3 Å². The fourth-order valence-electron chi connectivity index (χ4n) is 1.89. The molecule has 0 radical (unpaired) electrons. The van der Waals surface area contributed by atoms with E-state index in [-0.39, 0.29) is 0 Å². The first-order valence-electron chi connectivity index (χ1n) is 5.53. The molecule has 1 aliphatic carbocycles. The van der Waals surface area contributed by atoms with Crippen molar-refractivity contribution in [1.82, 2.24) is 0 Å². The molecule has 86 valence electrons. The molecule has 3 heteroatoms. The summed E-state index contributed by atoms with van der Waals surface area (Å²) in [4.78, 5) is 12.4. The van der Waals surface area contributed by atoms with Crippen LogP contribution in [0.3, 0.4) is 0 Å². The second kappa shape index (κ2) is 4.13. The van der Waals surface area contributed by atoms with Crippen molar-refractivity contribution in [3.8, 4) is 0 Å². The second-order valence-electron chi connectivity index (χ2n) is 4.52. The first kappa shape index (κ1) is 11.5. The molecule has 2 rings (SSSR count). The fraction of sp³-hybridized carbons (Fsp3) is 0.462. The zero-order valence-corrected chi connectivity index (χ0v) is 10.4. The Balaban J connectivity index is 2.26. The molecule has 1 aromatic carbocycles. The van der Waals surface area contributed by atoms with Gasteiger partial charge in [-0.2, -0.15) is 0 Å². The van der Waals surface area contributed by atoms with Crippen LogP contribution in [0.4, 0.5) is 0 Å². The first-order valence-corrected chi connectivity index (χ1v) is 6.35. The number of rotatable bonds is 3. The molecule has 1 aliphatic rings. The highest BCUT2D eigenvalue weighted by Gasteiger charge is 2.45. The summed E-state index contributed by atoms with van der Waals surface area (Å²) in [5.74, 6) is -0.662. The Labute approximate surface area is 100 Å². The summed E-state index contributed by atoms with van der Waals surface area (Å²) in [6.45, 7) is 4.08. The molecule has 0 saturated heterocycles. The molecule has 0 bridgehead atoms. The molecule has 2 nitrogen and oxygen atoms in total. The summed E-state index contributed by atoms with van der Waals surface area (Å²) < 4.78 is -0.557. The van der Waals surface area contributed by atoms with Crippen molar-refractivity contribution >= 4 is 17.7 Å². The summed E-state index contributed by atoms with van der Waals surface area (Å²) in [5, 5.41) is 9.28. The van der Waals surface area contributed by atoms with E-state index in [4.69, 9.17) is 0 Å². The minimum absolute atomic E-state index is 0.557. The molecule has 0 spiro atoms. The van der Waals surface area contributed by atoms with Gasteiger partial charge in [0.15, 0.2) is 0 Å². The predicted molar refractivity (Wildman–Crippen MR) is 66.0 cm³/mol. The Morgan fingerprint density at radius 1 is 1.38 bits per heavy atom. The third-order valence-corrected chi connectivity index (χ3v) is 4.83. The van der Waals surface area contributed by atoms with Crippen LogP contribution in [0.2, 0.25) is 0 Å². The summed E-state index contributed by atoms with van der Waals surface area (Å²) >= 11 is 1.53. The van der Waals surface area contributed by atoms with Gasteiger partial charge in [-0.1, -0.05) is 17.7 Å². The van der Waals surface area contributed by atoms with Gasteiger partial charge in [0.05, 0.1) is 0 Å². The number of aliphatic carboxylic acids is 1. The van der Waals surface area contributed by atoms with E-state index in [1.807, 2.05) is 13.8 Å². The van der Waals surface area contributed by atoms with Crippen molar-refractivity contribution < 1.29 is 9.90 Å². The van der Waals surface area contributed by atoms with Crippen molar-refractivity contribution in [3.63, 3.8) is 0 Å². The Hall–Kier alpha value is -0.960. The average Bonchev–Trinajstić information content (AvgIpc) is 2.16. The fourth-order valence-corrected chi connectivity index (χ4v) is 3.36. The first-order chi connectivity index (χ1) is 7.53. The summed E-state index contributed by atoms with van der Waals surface area (Å²) in [6, 6.07) is 6.21. The standard InChI is InChI=1S/C13H16O2S/c1-9-4-5-10(2)11(8-9)16-13(12(14)15)6-3-7-13/h4-5,8H,3,6-7H2,1-2H3,(H,14,15). The van der Waals surface area contributed by atoms with Gasteiger partial charge in [0.25, 0.3) is 0 Å². The van der Waals surface area contributed by atoms with Crippen molar-refractivity contribution in [2.45, 2.75) is 42.8 Å². The van der Waals surface area contributed by atoms with Crippen LogP contribution >= 0.6 is 11.8 Å². The molecule has 16 heavy (non-hydrogen) atoms. The molecule has 0 heterocycles. The average molecular weight is 236 g/mol. The second-order valence-corrected chi connectivity index (χ2v) is 5.95. The van der Waals surface area contributed by atoms with Crippen LogP contribution in [-0.4, -0.2) is 15.8 Å². The van der Waals surface area contributed by atoms with E-state index < -0.39 is 10.7 Å². The molecule has 1 aromatic rings. The molecule has 1 saturated carbocycles. The van der Waals surface area contributed by atoms with Gasteiger partial charge in [0, 0.05) is 4.90 Å². The van der Waals surface area contributed by atoms with Gasteiger partial charge in [0.1, 0.15) is 4.75 Å². The zero-order valence-electron chi connectivity index (χ0n) is 9.62. The zero-order chi connectivity index (χ0) is 11.8. The number of carbonyl (C=O) groups is 1. The van der Waals surface area contributed by atoms with E-state index in [0.29, 0.717) is 0 Å². The normalized spacial score (nSPS) is 17.9. The number of carboxylic acids is 1. The Bertz CT molecular complexity index is 422. The lowest BCUT2D eigenvalue weighted by molar-refractivity contribution is -0.142. The molecule has 0 aromatic heterocycles. The minimum atomic E-state index is -0.662. The maximum Gasteiger partial charge on any atom is 0.320 e. The van der Waals surface area contributed by atoms with E-state index in [0.717, 1.165) is 24.2 Å². The maximum atomic E-state index is 11.3. The molecule has 0 unspecified atom stereocenters. The van der Waals surface area contributed by atoms with Gasteiger partial charge in [-0.25, -0.2) is 0 Å². The van der Waals surface area contributed by atoms with Gasteiger partial charge in [-0.3, -0.25) is 4.79 Å². The number of aryl methyl sites for hydroxylation is 2. The van der Waals surface area contributed by atoms with Crippen LogP contribution in [-0.2, 0) is 4.79 Å². The monoisotopic (exact) mass is 236 g/mol. The van der Waals surface area contributed by atoms with Crippen LogP contribution in [0.1, 0.15) is 30.4 Å². The van der Waals surface area contributed by atoms with Crippen molar-refractivity contribution in [2.24, 2.45) is 0 Å². The molecule has 0 aliphatic heterocycles. The van der Waals surface area contributed by atoms with Gasteiger partial charge >= 0.3 is 5.97 Å². The maximum absolute atomic E-state index is 11.3. The number of hydrogen-bond donors (Lipinski definition) is 1. The molecular weight excluding hydrogens is 220 g/mol. The number of thioether (sulfide) groups is 1. The molecule has 0 atom stereocenters. The lowest BCUT2D eigenvalue weighted by Crippen LogP contribution is -2.41. The van der Waals surface area contributed by atoms with E-state index in [1.165, 1.54) is 22.9 Å². The van der Waals surface area contributed by atoms with Gasteiger partial charge in [-0.15, -0.1) is 11.8 Å². The third-order valence-electron chi connectivity index (χ3n) is 3.20. The van der Waals surface area contributed by atoms with Crippen LogP contribution in [0, 0.1) is 13.8 Å². The quantitative estimate of drug-likeness (QED) is 0.874. The highest BCUT2D eigenvalue weighted by atomic mass is 32.2. The van der Waals surface area contributed by atoms with Crippen LogP contribution in [0.5, 0.6) is 0 Å². The van der Waals surface area contributed by atoms with E-state index in [9.17, 15) is 9.90 Å². The third kappa shape index (κ3) is 1.96. The van der Waals surface area contributed by atoms with Crippen LogP contribution < -0.4 is 0 Å². The van der Waals surface area contributed by atoms with Crippen LogP contribution in [0.15, 0.2) is 23.1 Å². The summed E-state index contributed by atoms with van der Waals surface area (Å²) in [7, 11) is 0. The molecule has 1 fully saturated rings. The highest BCUT2D eigenvalue weighted by Crippen LogP contribution is 2.48. The van der Waals surface area contributed by atoms with E-state index in [1.54, 1.807) is 0 Å². The summed E-state index contributed by atoms with van der Waals surface area (Å²) in [5.41, 5.74) is 2.36. The number of benzene rings is 1. The molecule has 1 N–H and O–H groups in total. The predicted octanol–water partition coefficient (Wildman–Crippen LogP) is 3.40. The van der Waals surface area contributed by atoms with Crippen molar-refractivity contribution in [2.75, 3.05) is 0 Å². The lowest BCUT2D eigenvalue weighted by atomic mass is 9.84. The molecule has 0 amide bonds. The van der Waals surface area contributed by atoms with Gasteiger partial charge in [0.2, 0.25) is 0 Å². The number of hydrogen-bond acceptors (Lipinski definition) is 2. The molecular formula is C13H16O2S. The van der Waals surface area contributed by atoms with E-state index >= 15 is 0 Å². The van der Waals surface area contributed by atoms with Crippen LogP contribution in [0.25, 0.3) is 0 Å². The minimum Gasteiger partial charge on any atom is -0.480 e. The topological polar surface area (TPSA) is 37.3 Å². The van der Waals surface area contributed by atoms with E-state index in [2.05, 4.69) is 18.2 Å². The summed E-state index contributed by atoms with van der Waals surface area (Å²) in [6.07, 6.45) is 2.62.